The molecule has 0 bridgehead atoms. The van der Waals surface area contributed by atoms with Gasteiger partial charge in [-0.2, -0.15) is 0 Å². The first-order valence-electron chi connectivity index (χ1n) is 32.2. The van der Waals surface area contributed by atoms with Gasteiger partial charge < -0.3 is 15.5 Å². The molecular weight excluding hydrogens is 915 g/mol. The van der Waals surface area contributed by atoms with Crippen LogP contribution in [0.1, 0.15) is 303 Å². The third-order valence-electron chi connectivity index (χ3n) is 14.2. The molecule has 0 aromatic heterocycles. The van der Waals surface area contributed by atoms with Crippen LogP contribution in [0, 0.1) is 0 Å². The Morgan fingerprint density at radius 2 is 0.587 bits per heavy atom. The molecule has 0 aliphatic heterocycles. The molecule has 2 atom stereocenters. The summed E-state index contributed by atoms with van der Waals surface area (Å²) in [5.74, 6) is -0.0846. The SMILES string of the molecule is CC/C=C\C/C=C\C/C=C\C/C=C\C/C=C\C/C=C\C/C=C\C/C=C\C/C=C\CCCCCCCC(=O)NC(CO)C(O)/C=C/CCCCCCCCCCCCCCCCCCCCCCCCCCCCCC. The molecule has 0 saturated carbocycles. The molecule has 0 spiro atoms. The highest BCUT2D eigenvalue weighted by molar-refractivity contribution is 5.76. The summed E-state index contributed by atoms with van der Waals surface area (Å²) in [6.07, 6.45) is 99.6. The smallest absolute Gasteiger partial charge is 0.220 e. The molecule has 75 heavy (non-hydrogen) atoms. The molecule has 0 aliphatic rings. The minimum atomic E-state index is -0.859. The van der Waals surface area contributed by atoms with Gasteiger partial charge in [-0.05, 0) is 89.9 Å². The number of hydrogen-bond acceptors (Lipinski definition) is 3. The highest BCUT2D eigenvalue weighted by atomic mass is 16.3. The van der Waals surface area contributed by atoms with E-state index in [0.717, 1.165) is 96.3 Å². The summed E-state index contributed by atoms with van der Waals surface area (Å²) in [6.45, 7) is 4.20. The minimum Gasteiger partial charge on any atom is -0.394 e. The second kappa shape index (κ2) is 65.1. The Balaban J connectivity index is 3.59. The van der Waals surface area contributed by atoms with E-state index < -0.39 is 12.1 Å². The van der Waals surface area contributed by atoms with Gasteiger partial charge in [-0.1, -0.05) is 328 Å². The lowest BCUT2D eigenvalue weighted by Crippen LogP contribution is -2.45. The summed E-state index contributed by atoms with van der Waals surface area (Å²) in [4.78, 5) is 12.5. The lowest BCUT2D eigenvalue weighted by Gasteiger charge is -2.20. The summed E-state index contributed by atoms with van der Waals surface area (Å²) in [5, 5.41) is 23.2. The molecule has 0 aliphatic carbocycles. The fourth-order valence-electron chi connectivity index (χ4n) is 9.35. The first-order chi connectivity index (χ1) is 37.2. The molecule has 0 heterocycles. The Morgan fingerprint density at radius 1 is 0.333 bits per heavy atom. The number of rotatable bonds is 58. The molecule has 0 saturated heterocycles. The maximum Gasteiger partial charge on any atom is 0.220 e. The van der Waals surface area contributed by atoms with Gasteiger partial charge in [0.1, 0.15) is 0 Å². The normalized spacial score (nSPS) is 13.6. The third kappa shape index (κ3) is 61.5. The van der Waals surface area contributed by atoms with Crippen molar-refractivity contribution in [1.82, 2.24) is 5.32 Å². The Labute approximate surface area is 467 Å². The van der Waals surface area contributed by atoms with E-state index in [1.54, 1.807) is 6.08 Å². The van der Waals surface area contributed by atoms with Gasteiger partial charge in [0.25, 0.3) is 0 Å². The maximum absolute atomic E-state index is 12.5. The molecule has 1 amide bonds. The van der Waals surface area contributed by atoms with Crippen LogP contribution in [0.5, 0.6) is 0 Å². The molecule has 2 unspecified atom stereocenters. The highest BCUT2D eigenvalue weighted by Crippen LogP contribution is 2.17. The number of allylic oxidation sites excluding steroid dienone is 19. The summed E-state index contributed by atoms with van der Waals surface area (Å²) in [7, 11) is 0. The lowest BCUT2D eigenvalue weighted by atomic mass is 10.0. The van der Waals surface area contributed by atoms with Crippen molar-refractivity contribution in [1.29, 1.82) is 0 Å². The fraction of sp³-hybridized carbons (Fsp3) is 0.704. The van der Waals surface area contributed by atoms with Crippen LogP contribution in [0.25, 0.3) is 0 Å². The van der Waals surface area contributed by atoms with E-state index in [0.29, 0.717) is 6.42 Å². The number of carbonyl (C=O) groups excluding carboxylic acids is 1. The van der Waals surface area contributed by atoms with Crippen LogP contribution in [-0.4, -0.2) is 34.9 Å². The molecule has 0 fully saturated rings. The number of carbonyl (C=O) groups is 1. The number of aliphatic hydroxyl groups is 2. The predicted octanol–water partition coefficient (Wildman–Crippen LogP) is 22.0. The van der Waals surface area contributed by atoms with Gasteiger partial charge >= 0.3 is 0 Å². The van der Waals surface area contributed by atoms with Gasteiger partial charge in [-0.25, -0.2) is 0 Å². The zero-order valence-electron chi connectivity index (χ0n) is 49.5. The number of nitrogens with one attached hydrogen (secondary N) is 1. The van der Waals surface area contributed by atoms with E-state index in [2.05, 4.69) is 129 Å². The van der Waals surface area contributed by atoms with Crippen molar-refractivity contribution >= 4 is 5.91 Å². The molecule has 0 rings (SSSR count). The van der Waals surface area contributed by atoms with Gasteiger partial charge in [-0.15, -0.1) is 0 Å². The summed E-state index contributed by atoms with van der Waals surface area (Å²) >= 11 is 0. The highest BCUT2D eigenvalue weighted by Gasteiger charge is 2.18. The van der Waals surface area contributed by atoms with Gasteiger partial charge in [-0.3, -0.25) is 4.79 Å². The summed E-state index contributed by atoms with van der Waals surface area (Å²) < 4.78 is 0. The Kier molecular flexibility index (Phi) is 62.3. The Morgan fingerprint density at radius 3 is 0.880 bits per heavy atom. The molecule has 430 valence electrons. The second-order valence-corrected chi connectivity index (χ2v) is 21.5. The number of amides is 1. The van der Waals surface area contributed by atoms with E-state index in [4.69, 9.17) is 0 Å². The quantitative estimate of drug-likeness (QED) is 0.0420. The topological polar surface area (TPSA) is 69.6 Å². The first-order valence-corrected chi connectivity index (χ1v) is 32.2. The van der Waals surface area contributed by atoms with E-state index in [1.165, 1.54) is 186 Å². The first kappa shape index (κ1) is 71.8. The van der Waals surface area contributed by atoms with Crippen molar-refractivity contribution in [2.45, 2.75) is 315 Å². The Hall–Kier alpha value is -3.21. The van der Waals surface area contributed by atoms with Gasteiger partial charge in [0.2, 0.25) is 5.91 Å². The van der Waals surface area contributed by atoms with E-state index in [-0.39, 0.29) is 12.5 Å². The zero-order chi connectivity index (χ0) is 54.1. The molecule has 0 aromatic rings. The van der Waals surface area contributed by atoms with Crippen molar-refractivity contribution in [2.75, 3.05) is 6.61 Å². The van der Waals surface area contributed by atoms with E-state index >= 15 is 0 Å². The molecule has 4 heteroatoms. The Bertz CT molecular complexity index is 1460. The van der Waals surface area contributed by atoms with Crippen LogP contribution in [-0.2, 0) is 4.79 Å². The summed E-state index contributed by atoms with van der Waals surface area (Å²) in [5.41, 5.74) is 0. The third-order valence-corrected chi connectivity index (χ3v) is 14.2. The van der Waals surface area contributed by atoms with Crippen LogP contribution in [0.3, 0.4) is 0 Å². The van der Waals surface area contributed by atoms with Crippen molar-refractivity contribution < 1.29 is 15.0 Å². The molecular formula is C71H123NO3. The maximum atomic E-state index is 12.5. The largest absolute Gasteiger partial charge is 0.394 e. The van der Waals surface area contributed by atoms with Gasteiger partial charge in [0.05, 0.1) is 18.8 Å². The van der Waals surface area contributed by atoms with Crippen molar-refractivity contribution in [3.05, 3.63) is 122 Å². The summed E-state index contributed by atoms with van der Waals surface area (Å²) in [6, 6.07) is -0.644. The van der Waals surface area contributed by atoms with Crippen LogP contribution in [0.15, 0.2) is 122 Å². The van der Waals surface area contributed by atoms with E-state index in [1.807, 2.05) is 6.08 Å². The second-order valence-electron chi connectivity index (χ2n) is 21.5. The monoisotopic (exact) mass is 1040 g/mol. The fourth-order valence-corrected chi connectivity index (χ4v) is 9.35. The standard InChI is InChI=1S/C71H123NO3/c1-3-5-7-9-11-13-15-17-19-21-23-25-27-29-31-33-35-36-37-39-41-43-45-47-49-51-53-55-57-59-61-63-65-67-71(75)72-69(68-73)70(74)66-64-62-60-58-56-54-52-50-48-46-44-42-40-38-34-32-30-28-26-24-22-20-18-16-14-12-10-8-6-4-2/h5,7,11,13,17,19,23,25,29,31,35-36,39,41,45,47,51,53,64,66,69-70,73-74H,3-4,6,8-10,12,14-16,18,20-22,24,26-28,30,32-34,37-38,40,42-44,46,48-50,52,54-63,65,67-68H2,1-2H3,(H,72,75)/b7-5-,13-11-,19-17-,25-23-,31-29-,36-35-,41-39-,47-45-,53-51-,66-64+. The predicted molar refractivity (Wildman–Crippen MR) is 336 cm³/mol. The molecule has 0 radical (unpaired) electrons. The van der Waals surface area contributed by atoms with Gasteiger partial charge in [0, 0.05) is 6.42 Å². The molecule has 4 nitrogen and oxygen atoms in total. The lowest BCUT2D eigenvalue weighted by molar-refractivity contribution is -0.123. The zero-order valence-corrected chi connectivity index (χ0v) is 49.5. The van der Waals surface area contributed by atoms with Crippen molar-refractivity contribution in [3.8, 4) is 0 Å². The van der Waals surface area contributed by atoms with Crippen molar-refractivity contribution in [2.24, 2.45) is 0 Å². The average molecular weight is 1040 g/mol. The van der Waals surface area contributed by atoms with Crippen molar-refractivity contribution in [3.63, 3.8) is 0 Å². The van der Waals surface area contributed by atoms with Crippen LogP contribution in [0.4, 0.5) is 0 Å². The molecule has 3 N–H and O–H groups in total. The number of hydrogen-bond donors (Lipinski definition) is 3. The van der Waals surface area contributed by atoms with Crippen LogP contribution >= 0.6 is 0 Å². The number of aliphatic hydroxyl groups excluding tert-OH is 2. The molecule has 0 aromatic carbocycles. The van der Waals surface area contributed by atoms with Gasteiger partial charge in [0.15, 0.2) is 0 Å². The van der Waals surface area contributed by atoms with E-state index in [9.17, 15) is 15.0 Å². The minimum absolute atomic E-state index is 0.0846. The average Bonchev–Trinajstić information content (AvgIpc) is 3.41. The van der Waals surface area contributed by atoms with Crippen LogP contribution < -0.4 is 5.32 Å². The van der Waals surface area contributed by atoms with Crippen LogP contribution in [0.2, 0.25) is 0 Å². The number of unbranched alkanes of at least 4 members (excludes halogenated alkanes) is 33.